The summed E-state index contributed by atoms with van der Waals surface area (Å²) in [4.78, 5) is 49.5. The summed E-state index contributed by atoms with van der Waals surface area (Å²) in [6.07, 6.45) is 2.36. The molecule has 0 fully saturated rings. The molecule has 0 aliphatic heterocycles. The van der Waals surface area contributed by atoms with Crippen molar-refractivity contribution in [3.05, 3.63) is 35.9 Å². The first-order valence-corrected chi connectivity index (χ1v) is 11.9. The summed E-state index contributed by atoms with van der Waals surface area (Å²) in [6.45, 7) is 5.01. The number of carboxylic acid groups (broad SMARTS) is 1. The van der Waals surface area contributed by atoms with Gasteiger partial charge < -0.3 is 26.8 Å². The number of carbonyl (C=O) groups excluding carboxylic acids is 3. The van der Waals surface area contributed by atoms with E-state index in [9.17, 15) is 24.3 Å². The molecule has 1 aromatic carbocycles. The summed E-state index contributed by atoms with van der Waals surface area (Å²) in [5.41, 5.74) is 6.35. The van der Waals surface area contributed by atoms with Gasteiger partial charge in [0.05, 0.1) is 6.04 Å². The number of nitrogens with two attached hydrogens (primary N) is 1. The highest BCUT2D eigenvalue weighted by molar-refractivity contribution is 7.98. The first-order chi connectivity index (χ1) is 15.1. The number of amides is 3. The van der Waals surface area contributed by atoms with Gasteiger partial charge >= 0.3 is 5.97 Å². The number of rotatable bonds is 13. The lowest BCUT2D eigenvalue weighted by molar-refractivity contribution is -0.142. The van der Waals surface area contributed by atoms with Crippen molar-refractivity contribution in [3.8, 4) is 0 Å². The van der Waals surface area contributed by atoms with Gasteiger partial charge in [-0.2, -0.15) is 11.8 Å². The van der Waals surface area contributed by atoms with E-state index < -0.39 is 47.9 Å². The fourth-order valence-corrected chi connectivity index (χ4v) is 3.38. The molecule has 0 bridgehead atoms. The van der Waals surface area contributed by atoms with Gasteiger partial charge in [0.1, 0.15) is 18.1 Å². The lowest BCUT2D eigenvalue weighted by Gasteiger charge is -2.27. The quantitative estimate of drug-likeness (QED) is 0.284. The van der Waals surface area contributed by atoms with Crippen LogP contribution >= 0.6 is 11.8 Å². The molecule has 178 valence electrons. The normalized spacial score (nSPS) is 14.7. The molecule has 3 amide bonds. The Bertz CT molecular complexity index is 773. The zero-order chi connectivity index (χ0) is 24.3. The summed E-state index contributed by atoms with van der Waals surface area (Å²) in [7, 11) is 0. The van der Waals surface area contributed by atoms with Crippen LogP contribution < -0.4 is 21.7 Å². The largest absolute Gasteiger partial charge is 0.480 e. The number of benzene rings is 1. The first kappa shape index (κ1) is 27.4. The van der Waals surface area contributed by atoms with Gasteiger partial charge in [0.15, 0.2) is 0 Å². The molecule has 1 rings (SSSR count). The second-order valence-corrected chi connectivity index (χ2v) is 8.94. The summed E-state index contributed by atoms with van der Waals surface area (Å²) < 4.78 is 0. The molecule has 0 radical (unpaired) electrons. The summed E-state index contributed by atoms with van der Waals surface area (Å²) >= 11 is 1.52. The van der Waals surface area contributed by atoms with Crippen molar-refractivity contribution >= 4 is 35.5 Å². The molecule has 1 aromatic rings. The van der Waals surface area contributed by atoms with Gasteiger partial charge in [-0.3, -0.25) is 14.4 Å². The van der Waals surface area contributed by atoms with E-state index >= 15 is 0 Å². The molecule has 6 N–H and O–H groups in total. The van der Waals surface area contributed by atoms with Crippen molar-refractivity contribution in [1.29, 1.82) is 0 Å². The van der Waals surface area contributed by atoms with Crippen LogP contribution in [0, 0.1) is 5.92 Å². The highest BCUT2D eigenvalue weighted by Crippen LogP contribution is 2.08. The molecule has 0 saturated heterocycles. The van der Waals surface area contributed by atoms with Gasteiger partial charge in [-0.1, -0.05) is 44.2 Å². The Morgan fingerprint density at radius 2 is 1.53 bits per heavy atom. The molecule has 0 aliphatic carbocycles. The number of hydrogen-bond donors (Lipinski definition) is 5. The number of nitrogens with one attached hydrogen (secondary N) is 3. The maximum Gasteiger partial charge on any atom is 0.326 e. The minimum atomic E-state index is -1.17. The molecule has 0 saturated carbocycles. The molecule has 0 spiro atoms. The Hall–Kier alpha value is -2.59. The lowest BCUT2D eigenvalue weighted by atomic mass is 10.0. The van der Waals surface area contributed by atoms with Gasteiger partial charge in [-0.05, 0) is 36.8 Å². The van der Waals surface area contributed by atoms with Crippen LogP contribution in [-0.4, -0.2) is 65.0 Å². The van der Waals surface area contributed by atoms with Crippen LogP contribution in [0.3, 0.4) is 0 Å². The summed E-state index contributed by atoms with van der Waals surface area (Å²) in [5, 5.41) is 17.4. The van der Waals surface area contributed by atoms with Gasteiger partial charge in [-0.25, -0.2) is 4.79 Å². The molecule has 32 heavy (non-hydrogen) atoms. The van der Waals surface area contributed by atoms with Gasteiger partial charge in [0.2, 0.25) is 17.7 Å². The van der Waals surface area contributed by atoms with Crippen LogP contribution in [0.1, 0.15) is 32.8 Å². The molecule has 0 aromatic heterocycles. The second kappa shape index (κ2) is 13.7. The maximum atomic E-state index is 12.9. The summed E-state index contributed by atoms with van der Waals surface area (Å²) in [5.74, 6) is -2.44. The van der Waals surface area contributed by atoms with Gasteiger partial charge in [0, 0.05) is 6.42 Å². The molecule has 9 nitrogen and oxygen atoms in total. The third-order valence-corrected chi connectivity index (χ3v) is 5.45. The first-order valence-electron chi connectivity index (χ1n) is 10.5. The Balaban J connectivity index is 2.91. The predicted molar refractivity (Wildman–Crippen MR) is 125 cm³/mol. The van der Waals surface area contributed by atoms with Crippen molar-refractivity contribution in [2.24, 2.45) is 11.7 Å². The molecule has 4 atom stereocenters. The second-order valence-electron chi connectivity index (χ2n) is 7.95. The molecule has 0 aliphatic rings. The van der Waals surface area contributed by atoms with Crippen LogP contribution in [0.2, 0.25) is 0 Å². The van der Waals surface area contributed by atoms with Crippen LogP contribution in [-0.2, 0) is 25.6 Å². The van der Waals surface area contributed by atoms with Gasteiger partial charge in [0.25, 0.3) is 0 Å². The third kappa shape index (κ3) is 9.27. The molecule has 0 heterocycles. The summed E-state index contributed by atoms with van der Waals surface area (Å²) in [6, 6.07) is 5.21. The van der Waals surface area contributed by atoms with E-state index in [-0.39, 0.29) is 12.3 Å². The third-order valence-electron chi connectivity index (χ3n) is 4.80. The van der Waals surface area contributed by atoms with E-state index in [1.807, 2.05) is 12.3 Å². The van der Waals surface area contributed by atoms with Crippen LogP contribution in [0.25, 0.3) is 0 Å². The highest BCUT2D eigenvalue weighted by Gasteiger charge is 2.31. The monoisotopic (exact) mass is 466 g/mol. The van der Waals surface area contributed by atoms with E-state index in [1.54, 1.807) is 38.1 Å². The standard InChI is InChI=1S/C22H34N4O5S/c1-13(2)18(26-20(28)16(10-11-32-4)24-19(27)14(3)23)21(29)25-17(22(30)31)12-15-8-6-5-7-9-15/h5-9,13-14,16-18H,10-12,23H2,1-4H3,(H,24,27)(H,25,29)(H,26,28)(H,30,31). The zero-order valence-electron chi connectivity index (χ0n) is 19.0. The van der Waals surface area contributed by atoms with E-state index in [1.165, 1.54) is 18.7 Å². The molecular formula is C22H34N4O5S. The minimum Gasteiger partial charge on any atom is -0.480 e. The van der Waals surface area contributed by atoms with Crippen LogP contribution in [0.4, 0.5) is 0 Å². The number of thioether (sulfide) groups is 1. The Morgan fingerprint density at radius 1 is 0.938 bits per heavy atom. The SMILES string of the molecule is CSCCC(NC(=O)C(C)N)C(=O)NC(C(=O)NC(Cc1ccccc1)C(=O)O)C(C)C. The topological polar surface area (TPSA) is 151 Å². The molecule has 4 unspecified atom stereocenters. The van der Waals surface area contributed by atoms with Crippen molar-refractivity contribution in [3.63, 3.8) is 0 Å². The number of hydrogen-bond acceptors (Lipinski definition) is 6. The Labute approximate surface area is 193 Å². The van der Waals surface area contributed by atoms with Gasteiger partial charge in [-0.15, -0.1) is 0 Å². The average molecular weight is 467 g/mol. The van der Waals surface area contributed by atoms with E-state index in [0.29, 0.717) is 12.2 Å². The average Bonchev–Trinajstić information content (AvgIpc) is 2.74. The van der Waals surface area contributed by atoms with Crippen molar-refractivity contribution in [2.45, 2.75) is 57.8 Å². The lowest BCUT2D eigenvalue weighted by Crippen LogP contribution is -2.58. The molecular weight excluding hydrogens is 432 g/mol. The van der Waals surface area contributed by atoms with Crippen LogP contribution in [0.5, 0.6) is 0 Å². The molecule has 10 heteroatoms. The smallest absolute Gasteiger partial charge is 0.326 e. The van der Waals surface area contributed by atoms with Crippen molar-refractivity contribution in [2.75, 3.05) is 12.0 Å². The fourth-order valence-electron chi connectivity index (χ4n) is 2.91. The minimum absolute atomic E-state index is 0.113. The van der Waals surface area contributed by atoms with Crippen LogP contribution in [0.15, 0.2) is 30.3 Å². The number of aliphatic carboxylic acids is 1. The van der Waals surface area contributed by atoms with Crippen molar-refractivity contribution in [1.82, 2.24) is 16.0 Å². The number of carboxylic acids is 1. The fraction of sp³-hybridized carbons (Fsp3) is 0.545. The highest BCUT2D eigenvalue weighted by atomic mass is 32.2. The maximum absolute atomic E-state index is 12.9. The van der Waals surface area contributed by atoms with E-state index in [0.717, 1.165) is 5.56 Å². The Morgan fingerprint density at radius 3 is 2.03 bits per heavy atom. The van der Waals surface area contributed by atoms with Crippen molar-refractivity contribution < 1.29 is 24.3 Å². The number of carbonyl (C=O) groups is 4. The Kier molecular flexibility index (Phi) is 11.8. The predicted octanol–water partition coefficient (Wildman–Crippen LogP) is 0.524. The zero-order valence-corrected chi connectivity index (χ0v) is 19.8. The van der Waals surface area contributed by atoms with E-state index in [4.69, 9.17) is 5.73 Å². The van der Waals surface area contributed by atoms with E-state index in [2.05, 4.69) is 16.0 Å².